The third-order valence-corrected chi connectivity index (χ3v) is 3.47. The lowest BCUT2D eigenvalue weighted by Gasteiger charge is -2.14. The first-order valence-corrected chi connectivity index (χ1v) is 6.96. The number of hydrogen-bond donors (Lipinski definition) is 1. The molecule has 2 aromatic carbocycles. The number of carbonyl (C=O) groups is 2. The summed E-state index contributed by atoms with van der Waals surface area (Å²) in [7, 11) is 0. The molecule has 2 aromatic rings. The van der Waals surface area contributed by atoms with Crippen molar-refractivity contribution in [3.8, 4) is 0 Å². The highest BCUT2D eigenvalue weighted by molar-refractivity contribution is 6.31. The summed E-state index contributed by atoms with van der Waals surface area (Å²) in [5.74, 6) is -1.45. The number of amides is 2. The van der Waals surface area contributed by atoms with Crippen molar-refractivity contribution in [1.82, 2.24) is 5.43 Å². The van der Waals surface area contributed by atoms with Gasteiger partial charge in [-0.2, -0.15) is 13.2 Å². The highest BCUT2D eigenvalue weighted by atomic mass is 19.4. The van der Waals surface area contributed by atoms with Crippen LogP contribution < -0.4 is 10.4 Å². The van der Waals surface area contributed by atoms with Crippen molar-refractivity contribution in [1.29, 1.82) is 0 Å². The number of anilines is 1. The number of hydrazine groups is 1. The lowest BCUT2D eigenvalue weighted by atomic mass is 10.0. The van der Waals surface area contributed by atoms with E-state index in [1.54, 1.807) is 30.3 Å². The van der Waals surface area contributed by atoms with E-state index in [2.05, 4.69) is 5.43 Å². The van der Waals surface area contributed by atoms with Crippen LogP contribution in [0.2, 0.25) is 0 Å². The Balaban J connectivity index is 2.00. The number of hydrogen-bond acceptors (Lipinski definition) is 2. The molecule has 0 saturated carbocycles. The summed E-state index contributed by atoms with van der Waals surface area (Å²) in [5.41, 5.74) is 1.27. The molecule has 0 spiro atoms. The largest absolute Gasteiger partial charge is 0.416 e. The van der Waals surface area contributed by atoms with E-state index in [0.29, 0.717) is 5.69 Å². The number of rotatable bonds is 2. The van der Waals surface area contributed by atoms with Crippen LogP contribution in [-0.4, -0.2) is 11.8 Å². The maximum Gasteiger partial charge on any atom is 0.416 e. The fraction of sp³-hybridized carbons (Fsp3) is 0.0588. The van der Waals surface area contributed by atoms with Crippen molar-refractivity contribution < 1.29 is 22.8 Å². The number of benzene rings is 2. The van der Waals surface area contributed by atoms with Crippen molar-refractivity contribution in [3.63, 3.8) is 0 Å². The maximum absolute atomic E-state index is 13.0. The molecule has 1 heterocycles. The van der Waals surface area contributed by atoms with Gasteiger partial charge < -0.3 is 0 Å². The number of nitrogens with zero attached hydrogens (tertiary/aromatic N) is 1. The fourth-order valence-electron chi connectivity index (χ4n) is 2.35. The third kappa shape index (κ3) is 2.88. The zero-order chi connectivity index (χ0) is 17.3. The Bertz CT molecular complexity index is 829. The Hall–Kier alpha value is -3.09. The first kappa shape index (κ1) is 15.8. The molecule has 0 bridgehead atoms. The summed E-state index contributed by atoms with van der Waals surface area (Å²) >= 11 is 0. The second-order valence-electron chi connectivity index (χ2n) is 5.06. The third-order valence-electron chi connectivity index (χ3n) is 3.47. The van der Waals surface area contributed by atoms with E-state index < -0.39 is 23.6 Å². The lowest BCUT2D eigenvalue weighted by molar-refractivity contribution is -0.137. The van der Waals surface area contributed by atoms with Gasteiger partial charge in [-0.05, 0) is 29.8 Å². The summed E-state index contributed by atoms with van der Waals surface area (Å²) in [6, 6.07) is 13.1. The van der Waals surface area contributed by atoms with Crippen LogP contribution >= 0.6 is 0 Å². The first-order chi connectivity index (χ1) is 11.4. The molecule has 2 amide bonds. The van der Waals surface area contributed by atoms with Gasteiger partial charge in [0.1, 0.15) is 5.57 Å². The Morgan fingerprint density at radius 1 is 0.917 bits per heavy atom. The highest BCUT2D eigenvalue weighted by Gasteiger charge is 2.36. The zero-order valence-electron chi connectivity index (χ0n) is 12.2. The number of nitrogens with one attached hydrogen (secondary N) is 1. The van der Waals surface area contributed by atoms with Crippen molar-refractivity contribution in [3.05, 3.63) is 71.3 Å². The first-order valence-electron chi connectivity index (χ1n) is 6.96. The molecule has 0 unspecified atom stereocenters. The van der Waals surface area contributed by atoms with Gasteiger partial charge in [-0.1, -0.05) is 36.4 Å². The Morgan fingerprint density at radius 3 is 2.21 bits per heavy atom. The predicted octanol–water partition coefficient (Wildman–Crippen LogP) is 3.17. The molecule has 3 rings (SSSR count). The van der Waals surface area contributed by atoms with Gasteiger partial charge >= 0.3 is 6.18 Å². The van der Waals surface area contributed by atoms with Crippen LogP contribution in [0, 0.1) is 0 Å². The minimum atomic E-state index is -4.58. The topological polar surface area (TPSA) is 49.4 Å². The van der Waals surface area contributed by atoms with Gasteiger partial charge in [-0.15, -0.1) is 0 Å². The van der Waals surface area contributed by atoms with Crippen LogP contribution in [0.25, 0.3) is 6.08 Å². The second kappa shape index (κ2) is 5.84. The Kier molecular flexibility index (Phi) is 3.84. The number of alkyl halides is 3. The zero-order valence-corrected chi connectivity index (χ0v) is 12.2. The summed E-state index contributed by atoms with van der Waals surface area (Å²) < 4.78 is 39.1. The Labute approximate surface area is 135 Å². The lowest BCUT2D eigenvalue weighted by Crippen LogP contribution is -2.35. The van der Waals surface area contributed by atoms with Crippen LogP contribution in [0.1, 0.15) is 11.1 Å². The molecule has 0 atom stereocenters. The second-order valence-corrected chi connectivity index (χ2v) is 5.06. The molecule has 1 N–H and O–H groups in total. The SMILES string of the molecule is O=C1NN(c2ccccc2)C(=O)/C1=C\c1ccccc1C(F)(F)F. The van der Waals surface area contributed by atoms with Crippen molar-refractivity contribution in [2.24, 2.45) is 0 Å². The van der Waals surface area contributed by atoms with E-state index in [1.807, 2.05) is 0 Å². The molecule has 24 heavy (non-hydrogen) atoms. The normalized spacial score (nSPS) is 16.6. The van der Waals surface area contributed by atoms with E-state index >= 15 is 0 Å². The Morgan fingerprint density at radius 2 is 1.54 bits per heavy atom. The minimum Gasteiger partial charge on any atom is -0.267 e. The van der Waals surface area contributed by atoms with Gasteiger partial charge in [0.05, 0.1) is 11.3 Å². The van der Waals surface area contributed by atoms with E-state index in [9.17, 15) is 22.8 Å². The van der Waals surface area contributed by atoms with Crippen LogP contribution in [0.15, 0.2) is 60.2 Å². The summed E-state index contributed by atoms with van der Waals surface area (Å²) in [4.78, 5) is 24.4. The van der Waals surface area contributed by atoms with Crippen LogP contribution in [0.5, 0.6) is 0 Å². The van der Waals surface area contributed by atoms with Gasteiger partial charge in [0.2, 0.25) is 0 Å². The highest BCUT2D eigenvalue weighted by Crippen LogP contribution is 2.33. The molecule has 0 aromatic heterocycles. The number of para-hydroxylation sites is 1. The molecule has 1 fully saturated rings. The van der Waals surface area contributed by atoms with Crippen molar-refractivity contribution in [2.45, 2.75) is 6.18 Å². The summed E-state index contributed by atoms with van der Waals surface area (Å²) in [6.45, 7) is 0. The van der Waals surface area contributed by atoms with Gasteiger partial charge in [-0.25, -0.2) is 5.01 Å². The molecule has 1 aliphatic heterocycles. The molecule has 0 aliphatic carbocycles. The molecule has 1 aliphatic rings. The molecule has 7 heteroatoms. The maximum atomic E-state index is 13.0. The molecular formula is C17H11F3N2O2. The van der Waals surface area contributed by atoms with Crippen LogP contribution in [-0.2, 0) is 15.8 Å². The fourth-order valence-corrected chi connectivity index (χ4v) is 2.35. The van der Waals surface area contributed by atoms with Crippen molar-refractivity contribution in [2.75, 3.05) is 5.01 Å². The van der Waals surface area contributed by atoms with Gasteiger partial charge in [-0.3, -0.25) is 15.0 Å². The average Bonchev–Trinajstić information content (AvgIpc) is 2.83. The summed E-state index contributed by atoms with van der Waals surface area (Å²) in [6.07, 6.45) is -3.62. The predicted molar refractivity (Wildman–Crippen MR) is 81.5 cm³/mol. The van der Waals surface area contributed by atoms with E-state index in [0.717, 1.165) is 17.2 Å². The van der Waals surface area contributed by atoms with Gasteiger partial charge in [0.25, 0.3) is 11.8 Å². The van der Waals surface area contributed by atoms with Crippen LogP contribution in [0.4, 0.5) is 18.9 Å². The molecule has 1 saturated heterocycles. The molecule has 4 nitrogen and oxygen atoms in total. The minimum absolute atomic E-state index is 0.238. The molecular weight excluding hydrogens is 321 g/mol. The average molecular weight is 332 g/mol. The molecule has 122 valence electrons. The number of halogens is 3. The van der Waals surface area contributed by atoms with Crippen molar-refractivity contribution >= 4 is 23.6 Å². The number of carbonyl (C=O) groups excluding carboxylic acids is 2. The quantitative estimate of drug-likeness (QED) is 0.678. The standard InChI is InChI=1S/C17H11F3N2O2/c18-17(19,20)14-9-5-4-6-11(14)10-13-15(23)21-22(16(13)24)12-7-2-1-3-8-12/h1-10H,(H,21,23)/b13-10-. The summed E-state index contributed by atoms with van der Waals surface area (Å²) in [5, 5.41) is 1.00. The van der Waals surface area contributed by atoms with E-state index in [-0.39, 0.29) is 11.1 Å². The van der Waals surface area contributed by atoms with E-state index in [1.165, 1.54) is 18.2 Å². The van der Waals surface area contributed by atoms with Gasteiger partial charge in [0.15, 0.2) is 0 Å². The smallest absolute Gasteiger partial charge is 0.267 e. The molecule has 0 radical (unpaired) electrons. The van der Waals surface area contributed by atoms with Gasteiger partial charge in [0, 0.05) is 0 Å². The van der Waals surface area contributed by atoms with Crippen LogP contribution in [0.3, 0.4) is 0 Å². The van der Waals surface area contributed by atoms with E-state index in [4.69, 9.17) is 0 Å². The monoisotopic (exact) mass is 332 g/mol.